The molecule has 0 fully saturated rings. The van der Waals surface area contributed by atoms with Gasteiger partial charge in [0.15, 0.2) is 0 Å². The van der Waals surface area contributed by atoms with Crippen LogP contribution in [0.25, 0.3) is 10.2 Å². The van der Waals surface area contributed by atoms with Crippen LogP contribution < -0.4 is 16.8 Å². The minimum atomic E-state index is -0.233. The van der Waals surface area contributed by atoms with Crippen molar-refractivity contribution in [1.29, 1.82) is 0 Å². The summed E-state index contributed by atoms with van der Waals surface area (Å²) in [7, 11) is 0. The topological polar surface area (TPSA) is 90.0 Å². The molecule has 0 aliphatic rings. The fourth-order valence-corrected chi connectivity index (χ4v) is 2.31. The summed E-state index contributed by atoms with van der Waals surface area (Å²) in [6, 6.07) is 1.81. The van der Waals surface area contributed by atoms with E-state index in [4.69, 9.17) is 5.84 Å². The number of hydrogen-bond acceptors (Lipinski definition) is 5. The van der Waals surface area contributed by atoms with Gasteiger partial charge in [0.2, 0.25) is 5.91 Å². The summed E-state index contributed by atoms with van der Waals surface area (Å²) >= 11 is 1.38. The van der Waals surface area contributed by atoms with E-state index in [-0.39, 0.29) is 11.5 Å². The molecule has 90 valence electrons. The molecule has 0 saturated heterocycles. The quantitative estimate of drug-likeness (QED) is 0.463. The van der Waals surface area contributed by atoms with Gasteiger partial charge < -0.3 is 0 Å². The highest BCUT2D eigenvalue weighted by atomic mass is 32.1. The van der Waals surface area contributed by atoms with Gasteiger partial charge >= 0.3 is 0 Å². The Hall–Kier alpha value is -1.73. The maximum Gasteiger partial charge on any atom is 0.271 e. The van der Waals surface area contributed by atoms with Crippen LogP contribution in [0, 0.1) is 0 Å². The zero-order chi connectivity index (χ0) is 12.3. The van der Waals surface area contributed by atoms with Gasteiger partial charge in [-0.05, 0) is 17.9 Å². The smallest absolute Gasteiger partial charge is 0.271 e. The van der Waals surface area contributed by atoms with Crippen LogP contribution in [-0.4, -0.2) is 15.5 Å². The van der Waals surface area contributed by atoms with Crippen molar-refractivity contribution in [3.8, 4) is 0 Å². The van der Waals surface area contributed by atoms with Gasteiger partial charge in [0.05, 0.1) is 11.8 Å². The van der Waals surface area contributed by atoms with Crippen LogP contribution in [0.4, 0.5) is 0 Å². The summed E-state index contributed by atoms with van der Waals surface area (Å²) in [5, 5.41) is 1.84. The number of carbonyl (C=O) groups excluding carboxylic acids is 1. The number of carbonyl (C=O) groups is 1. The lowest BCUT2D eigenvalue weighted by atomic mass is 10.3. The standard InChI is InChI=1S/C10H12N4O2S/c11-13-8(15)2-1-4-14-6-12-7-3-5-17-9(7)10(14)16/h3,5-6H,1-2,4,11H2,(H,13,15). The number of nitrogens with zero attached hydrogens (tertiary/aromatic N) is 2. The predicted octanol–water partition coefficient (Wildman–Crippen LogP) is 0.228. The van der Waals surface area contributed by atoms with Crippen molar-refractivity contribution in [2.24, 2.45) is 5.84 Å². The number of nitrogens with two attached hydrogens (primary N) is 1. The molecule has 2 rings (SSSR count). The van der Waals surface area contributed by atoms with Crippen molar-refractivity contribution in [3.63, 3.8) is 0 Å². The molecule has 6 nitrogen and oxygen atoms in total. The number of rotatable bonds is 4. The first-order valence-corrected chi connectivity index (χ1v) is 6.02. The van der Waals surface area contributed by atoms with Crippen molar-refractivity contribution >= 4 is 27.5 Å². The van der Waals surface area contributed by atoms with E-state index >= 15 is 0 Å². The molecule has 0 unspecified atom stereocenters. The van der Waals surface area contributed by atoms with Gasteiger partial charge in [-0.15, -0.1) is 11.3 Å². The molecule has 0 spiro atoms. The van der Waals surface area contributed by atoms with Crippen molar-refractivity contribution < 1.29 is 4.79 Å². The maximum atomic E-state index is 11.9. The minimum absolute atomic E-state index is 0.0573. The zero-order valence-electron chi connectivity index (χ0n) is 9.05. The van der Waals surface area contributed by atoms with Crippen molar-refractivity contribution in [2.45, 2.75) is 19.4 Å². The first kappa shape index (κ1) is 11.7. The number of amides is 1. The molecular weight excluding hydrogens is 240 g/mol. The molecule has 0 radical (unpaired) electrons. The number of aryl methyl sites for hydroxylation is 1. The normalized spacial score (nSPS) is 10.6. The molecule has 0 aliphatic heterocycles. The van der Waals surface area contributed by atoms with Crippen LogP contribution >= 0.6 is 11.3 Å². The summed E-state index contributed by atoms with van der Waals surface area (Å²) in [6.07, 6.45) is 2.37. The highest BCUT2D eigenvalue weighted by Crippen LogP contribution is 2.13. The highest BCUT2D eigenvalue weighted by Gasteiger charge is 2.05. The third-order valence-corrected chi connectivity index (χ3v) is 3.29. The summed E-state index contributed by atoms with van der Waals surface area (Å²) in [6.45, 7) is 0.465. The number of thiophene rings is 1. The lowest BCUT2D eigenvalue weighted by Crippen LogP contribution is -2.30. The van der Waals surface area contributed by atoms with Gasteiger partial charge in [-0.25, -0.2) is 10.8 Å². The number of fused-ring (bicyclic) bond motifs is 1. The molecule has 0 atom stereocenters. The fourth-order valence-electron chi connectivity index (χ4n) is 1.52. The van der Waals surface area contributed by atoms with Crippen molar-refractivity contribution in [2.75, 3.05) is 0 Å². The summed E-state index contributed by atoms with van der Waals surface area (Å²) in [4.78, 5) is 27.0. The number of hydrogen-bond donors (Lipinski definition) is 2. The van der Waals surface area contributed by atoms with Gasteiger partial charge in [0, 0.05) is 13.0 Å². The molecule has 2 aromatic rings. The predicted molar refractivity (Wildman–Crippen MR) is 65.4 cm³/mol. The van der Waals surface area contributed by atoms with Crippen LogP contribution in [0.15, 0.2) is 22.6 Å². The van der Waals surface area contributed by atoms with Crippen LogP contribution in [0.5, 0.6) is 0 Å². The Morgan fingerprint density at radius 2 is 2.41 bits per heavy atom. The van der Waals surface area contributed by atoms with E-state index in [1.807, 2.05) is 11.4 Å². The van der Waals surface area contributed by atoms with E-state index in [0.29, 0.717) is 24.1 Å². The number of nitrogens with one attached hydrogen (secondary N) is 1. The Morgan fingerprint density at radius 1 is 1.59 bits per heavy atom. The third kappa shape index (κ3) is 2.51. The largest absolute Gasteiger partial charge is 0.298 e. The first-order valence-electron chi connectivity index (χ1n) is 5.14. The molecule has 3 N–H and O–H groups in total. The number of hydrazine groups is 1. The van der Waals surface area contributed by atoms with E-state index in [1.165, 1.54) is 22.2 Å². The third-order valence-electron chi connectivity index (χ3n) is 2.40. The molecule has 0 bridgehead atoms. The summed E-state index contributed by atoms with van der Waals surface area (Å²) in [5.41, 5.74) is 2.71. The highest BCUT2D eigenvalue weighted by molar-refractivity contribution is 7.17. The lowest BCUT2D eigenvalue weighted by molar-refractivity contribution is -0.121. The van der Waals surface area contributed by atoms with Crippen molar-refractivity contribution in [3.05, 3.63) is 28.1 Å². The van der Waals surface area contributed by atoms with Gasteiger partial charge in [-0.3, -0.25) is 19.6 Å². The van der Waals surface area contributed by atoms with Crippen LogP contribution in [0.1, 0.15) is 12.8 Å². The Labute approximate surface area is 101 Å². The molecule has 17 heavy (non-hydrogen) atoms. The number of aromatic nitrogens is 2. The van der Waals surface area contributed by atoms with E-state index in [0.717, 1.165) is 5.52 Å². The van der Waals surface area contributed by atoms with E-state index in [9.17, 15) is 9.59 Å². The van der Waals surface area contributed by atoms with Gasteiger partial charge in [0.1, 0.15) is 4.70 Å². The Balaban J connectivity index is 2.11. The molecule has 0 aliphatic carbocycles. The molecule has 0 saturated carbocycles. The summed E-state index contributed by atoms with van der Waals surface area (Å²) < 4.78 is 2.17. The van der Waals surface area contributed by atoms with Crippen molar-refractivity contribution in [1.82, 2.24) is 15.0 Å². The van der Waals surface area contributed by atoms with E-state index in [1.54, 1.807) is 0 Å². The van der Waals surface area contributed by atoms with E-state index < -0.39 is 0 Å². The van der Waals surface area contributed by atoms with Crippen LogP contribution in [-0.2, 0) is 11.3 Å². The van der Waals surface area contributed by atoms with Gasteiger partial charge in [0.25, 0.3) is 5.56 Å². The average Bonchev–Trinajstić information content (AvgIpc) is 2.81. The minimum Gasteiger partial charge on any atom is -0.298 e. The second-order valence-corrected chi connectivity index (χ2v) is 4.47. The lowest BCUT2D eigenvalue weighted by Gasteiger charge is -2.04. The average molecular weight is 252 g/mol. The maximum absolute atomic E-state index is 11.9. The Kier molecular flexibility index (Phi) is 3.50. The van der Waals surface area contributed by atoms with Gasteiger partial charge in [-0.1, -0.05) is 0 Å². The fraction of sp³-hybridized carbons (Fsp3) is 0.300. The second-order valence-electron chi connectivity index (χ2n) is 3.55. The molecule has 0 aromatic carbocycles. The zero-order valence-corrected chi connectivity index (χ0v) is 9.87. The molecule has 2 heterocycles. The summed E-state index contributed by atoms with van der Waals surface area (Å²) in [5.74, 6) is 4.73. The van der Waals surface area contributed by atoms with E-state index in [2.05, 4.69) is 10.4 Å². The SMILES string of the molecule is NNC(=O)CCCn1cnc2ccsc2c1=O. The Morgan fingerprint density at radius 3 is 3.18 bits per heavy atom. The van der Waals surface area contributed by atoms with Crippen LogP contribution in [0.2, 0.25) is 0 Å². The molecule has 1 amide bonds. The van der Waals surface area contributed by atoms with Gasteiger partial charge in [-0.2, -0.15) is 0 Å². The second kappa shape index (κ2) is 5.07. The Bertz CT molecular complexity index is 589. The molecule has 7 heteroatoms. The monoisotopic (exact) mass is 252 g/mol. The van der Waals surface area contributed by atoms with Crippen LogP contribution in [0.3, 0.4) is 0 Å². The first-order chi connectivity index (χ1) is 8.22. The molecule has 2 aromatic heterocycles. The molecular formula is C10H12N4O2S.